The monoisotopic (exact) mass is 326 g/mol. The second-order valence-corrected chi connectivity index (χ2v) is 6.24. The summed E-state index contributed by atoms with van der Waals surface area (Å²) in [6.45, 7) is 1.80. The molecule has 0 radical (unpaired) electrons. The van der Waals surface area contributed by atoms with Gasteiger partial charge in [0.2, 0.25) is 5.88 Å². The average molecular weight is 326 g/mol. The molecule has 0 aliphatic carbocycles. The lowest BCUT2D eigenvalue weighted by Gasteiger charge is -2.57. The van der Waals surface area contributed by atoms with Gasteiger partial charge in [-0.2, -0.15) is 0 Å². The van der Waals surface area contributed by atoms with Crippen molar-refractivity contribution >= 4 is 24.1 Å². The van der Waals surface area contributed by atoms with Gasteiger partial charge in [0.25, 0.3) is 0 Å². The van der Waals surface area contributed by atoms with Crippen molar-refractivity contribution in [2.75, 3.05) is 30.0 Å². The lowest BCUT2D eigenvalue weighted by Crippen LogP contribution is -2.69. The van der Waals surface area contributed by atoms with E-state index in [1.807, 2.05) is 18.3 Å². The molecule has 0 amide bonds. The van der Waals surface area contributed by atoms with Crippen LogP contribution in [-0.2, 0) is 0 Å². The zero-order valence-electron chi connectivity index (χ0n) is 13.4. The zero-order chi connectivity index (χ0) is 16.7. The van der Waals surface area contributed by atoms with Crippen LogP contribution in [0.2, 0.25) is 0 Å². The summed E-state index contributed by atoms with van der Waals surface area (Å²) in [5, 5.41) is 18.3. The Labute approximate surface area is 140 Å². The van der Waals surface area contributed by atoms with Crippen molar-refractivity contribution in [3.63, 3.8) is 0 Å². The quantitative estimate of drug-likeness (QED) is 0.742. The Morgan fingerprint density at radius 1 is 1.08 bits per heavy atom. The second-order valence-electron chi connectivity index (χ2n) is 6.24. The Kier molecular flexibility index (Phi) is 3.78. The molecule has 5 rings (SSSR count). The normalized spacial score (nSPS) is 22.1. The lowest BCUT2D eigenvalue weighted by molar-refractivity contribution is 0.290. The topological polar surface area (TPSA) is 82.0 Å². The van der Waals surface area contributed by atoms with E-state index in [2.05, 4.69) is 25.8 Å². The number of rotatable bonds is 4. The number of pyridine rings is 2. The number of hydrogen-bond acceptors (Lipinski definition) is 7. The van der Waals surface area contributed by atoms with Crippen LogP contribution >= 0.6 is 0 Å². The number of anilines is 2. The number of piperidine rings is 1. The zero-order valence-corrected chi connectivity index (χ0v) is 13.4. The molecule has 2 unspecified atom stereocenters. The summed E-state index contributed by atoms with van der Waals surface area (Å²) < 4.78 is 5.11. The van der Waals surface area contributed by atoms with Crippen LogP contribution in [0.15, 0.2) is 36.7 Å². The van der Waals surface area contributed by atoms with Gasteiger partial charge in [0.15, 0.2) is 0 Å². The fourth-order valence-electron chi connectivity index (χ4n) is 3.60. The van der Waals surface area contributed by atoms with Crippen LogP contribution in [0, 0.1) is 0 Å². The summed E-state index contributed by atoms with van der Waals surface area (Å²) in [4.78, 5) is 13.3. The van der Waals surface area contributed by atoms with Crippen molar-refractivity contribution in [1.29, 1.82) is 0 Å². The minimum absolute atomic E-state index is 0.409. The summed E-state index contributed by atoms with van der Waals surface area (Å²) in [5.74, 6) is 1.50. The molecule has 3 fully saturated rings. The second kappa shape index (κ2) is 5.96. The maximum atomic E-state index is 9.15. The molecule has 2 atom stereocenters. The van der Waals surface area contributed by atoms with Gasteiger partial charge in [0, 0.05) is 42.9 Å². The predicted molar refractivity (Wildman–Crippen MR) is 91.7 cm³/mol. The number of aromatic nitrogens is 2. The van der Waals surface area contributed by atoms with Crippen LogP contribution in [-0.4, -0.2) is 59.4 Å². The van der Waals surface area contributed by atoms with Crippen LogP contribution in [0.25, 0.3) is 0 Å². The molecule has 3 aliphatic rings. The molecule has 3 aliphatic heterocycles. The van der Waals surface area contributed by atoms with Crippen molar-refractivity contribution in [1.82, 2.24) is 9.97 Å². The van der Waals surface area contributed by atoms with Crippen molar-refractivity contribution in [2.45, 2.75) is 18.5 Å². The van der Waals surface area contributed by atoms with Gasteiger partial charge in [-0.15, -0.1) is 0 Å². The van der Waals surface area contributed by atoms with Crippen LogP contribution < -0.4 is 20.0 Å². The van der Waals surface area contributed by atoms with Gasteiger partial charge in [-0.1, -0.05) is 6.07 Å². The molecule has 0 saturated carbocycles. The molecule has 0 spiro atoms. The first-order valence-electron chi connectivity index (χ1n) is 8.01. The molecule has 2 aromatic heterocycles. The third kappa shape index (κ3) is 2.57. The molecular formula is C16H19BN4O3. The van der Waals surface area contributed by atoms with E-state index in [0.29, 0.717) is 23.4 Å². The molecule has 3 saturated heterocycles. The average Bonchev–Trinajstić information content (AvgIpc) is 2.62. The molecule has 8 heteroatoms. The van der Waals surface area contributed by atoms with E-state index in [-0.39, 0.29) is 0 Å². The molecule has 2 N–H and O–H groups in total. The highest BCUT2D eigenvalue weighted by Crippen LogP contribution is 2.38. The standard InChI is InChI=1S/C16H19BN4O3/c1-24-16-5-3-12(8-19-16)21-13-6-14(21)10-20(9-13)15-4-2-11(7-18-15)17(22)23/h2-5,7-8,13-14,22-23H,6,9-10H2,1H3. The lowest BCUT2D eigenvalue weighted by atomic mass is 9.82. The van der Waals surface area contributed by atoms with Crippen LogP contribution in [0.4, 0.5) is 11.5 Å². The maximum Gasteiger partial charge on any atom is 0.490 e. The van der Waals surface area contributed by atoms with Crippen molar-refractivity contribution < 1.29 is 14.8 Å². The van der Waals surface area contributed by atoms with Crippen LogP contribution in [0.3, 0.4) is 0 Å². The number of fused-ring (bicyclic) bond motifs is 2. The smallest absolute Gasteiger partial charge is 0.481 e. The van der Waals surface area contributed by atoms with E-state index < -0.39 is 7.12 Å². The number of methoxy groups -OCH3 is 1. The fourth-order valence-corrected chi connectivity index (χ4v) is 3.60. The number of piperazine rings is 1. The van der Waals surface area contributed by atoms with E-state index in [4.69, 9.17) is 14.8 Å². The highest BCUT2D eigenvalue weighted by atomic mass is 16.5. The van der Waals surface area contributed by atoms with E-state index in [9.17, 15) is 0 Å². The van der Waals surface area contributed by atoms with Gasteiger partial charge in [0.1, 0.15) is 5.82 Å². The minimum atomic E-state index is -1.47. The van der Waals surface area contributed by atoms with Crippen LogP contribution in [0.1, 0.15) is 6.42 Å². The first-order valence-corrected chi connectivity index (χ1v) is 8.01. The summed E-state index contributed by atoms with van der Waals surface area (Å²) in [7, 11) is 0.145. The SMILES string of the molecule is COc1ccc(N2C3CC2CN(c2ccc(B(O)O)cn2)C3)cn1. The molecule has 7 nitrogen and oxygen atoms in total. The summed E-state index contributed by atoms with van der Waals surface area (Å²) in [5.41, 5.74) is 1.54. The van der Waals surface area contributed by atoms with Crippen molar-refractivity contribution in [3.05, 3.63) is 36.7 Å². The van der Waals surface area contributed by atoms with E-state index >= 15 is 0 Å². The third-order valence-electron chi connectivity index (χ3n) is 4.81. The number of hydrogen-bond donors (Lipinski definition) is 2. The highest BCUT2D eigenvalue weighted by Gasteiger charge is 2.45. The van der Waals surface area contributed by atoms with Gasteiger partial charge in [0.05, 0.1) is 19.0 Å². The minimum Gasteiger partial charge on any atom is -0.481 e. The maximum absolute atomic E-state index is 9.15. The van der Waals surface area contributed by atoms with Crippen molar-refractivity contribution in [2.24, 2.45) is 0 Å². The third-order valence-corrected chi connectivity index (χ3v) is 4.81. The molecule has 124 valence electrons. The number of nitrogens with zero attached hydrogens (tertiary/aromatic N) is 4. The first-order chi connectivity index (χ1) is 11.7. The highest BCUT2D eigenvalue weighted by molar-refractivity contribution is 6.58. The molecular weight excluding hydrogens is 307 g/mol. The Hall–Kier alpha value is -2.32. The van der Waals surface area contributed by atoms with Gasteiger partial charge >= 0.3 is 7.12 Å². The molecule has 5 heterocycles. The van der Waals surface area contributed by atoms with E-state index in [1.54, 1.807) is 13.2 Å². The molecule has 0 aromatic carbocycles. The van der Waals surface area contributed by atoms with E-state index in [1.165, 1.54) is 12.6 Å². The van der Waals surface area contributed by atoms with Gasteiger partial charge in [-0.05, 0) is 18.6 Å². The Morgan fingerprint density at radius 3 is 2.42 bits per heavy atom. The predicted octanol–water partition coefficient (Wildman–Crippen LogP) is -0.368. The molecule has 2 aromatic rings. The molecule has 24 heavy (non-hydrogen) atoms. The summed E-state index contributed by atoms with van der Waals surface area (Å²) in [6, 6.07) is 8.39. The van der Waals surface area contributed by atoms with Gasteiger partial charge < -0.3 is 24.6 Å². The largest absolute Gasteiger partial charge is 0.490 e. The van der Waals surface area contributed by atoms with E-state index in [0.717, 1.165) is 24.6 Å². The Morgan fingerprint density at radius 2 is 1.88 bits per heavy atom. The van der Waals surface area contributed by atoms with Crippen molar-refractivity contribution in [3.8, 4) is 5.88 Å². The number of ether oxygens (including phenoxy) is 1. The van der Waals surface area contributed by atoms with Crippen LogP contribution in [0.5, 0.6) is 5.88 Å². The Balaban J connectivity index is 1.46. The fraction of sp³-hybridized carbons (Fsp3) is 0.375. The van der Waals surface area contributed by atoms with Gasteiger partial charge in [-0.3, -0.25) is 0 Å². The Bertz CT molecular complexity index is 698. The molecule has 2 bridgehead atoms. The first kappa shape index (κ1) is 15.2. The summed E-state index contributed by atoms with van der Waals surface area (Å²) >= 11 is 0. The summed E-state index contributed by atoms with van der Waals surface area (Å²) in [6.07, 6.45) is 4.56. The van der Waals surface area contributed by atoms with Gasteiger partial charge in [-0.25, -0.2) is 9.97 Å².